The lowest BCUT2D eigenvalue weighted by Gasteiger charge is -2.15. The van der Waals surface area contributed by atoms with Gasteiger partial charge in [0.1, 0.15) is 17.3 Å². The molecule has 3 rings (SSSR count). The van der Waals surface area contributed by atoms with E-state index in [9.17, 15) is 0 Å². The summed E-state index contributed by atoms with van der Waals surface area (Å²) in [7, 11) is 3.15. The highest BCUT2D eigenvalue weighted by Gasteiger charge is 2.12. The lowest BCUT2D eigenvalue weighted by molar-refractivity contribution is 0.405. The molecule has 0 aliphatic heterocycles. The van der Waals surface area contributed by atoms with Gasteiger partial charge in [0.15, 0.2) is 0 Å². The number of aryl methyl sites for hydroxylation is 2. The average molecular weight is 385 g/mol. The summed E-state index contributed by atoms with van der Waals surface area (Å²) in [6.45, 7) is 3.94. The number of anilines is 4. The van der Waals surface area contributed by atoms with Crippen molar-refractivity contribution in [3.63, 3.8) is 0 Å². The highest BCUT2D eigenvalue weighted by atomic mass is 35.5. The second-order valence-electron chi connectivity index (χ2n) is 5.97. The van der Waals surface area contributed by atoms with E-state index in [1.165, 1.54) is 0 Å². The van der Waals surface area contributed by atoms with Gasteiger partial charge < -0.3 is 20.1 Å². The van der Waals surface area contributed by atoms with Gasteiger partial charge in [-0.2, -0.15) is 4.98 Å². The molecule has 0 amide bonds. The van der Waals surface area contributed by atoms with Crippen LogP contribution in [-0.4, -0.2) is 24.2 Å². The number of aromatic nitrogens is 2. The highest BCUT2D eigenvalue weighted by Crippen LogP contribution is 2.37. The molecule has 7 heteroatoms. The Morgan fingerprint density at radius 2 is 1.59 bits per heavy atom. The smallest absolute Gasteiger partial charge is 0.229 e. The molecule has 0 fully saturated rings. The molecule has 6 nitrogen and oxygen atoms in total. The van der Waals surface area contributed by atoms with Crippen LogP contribution in [0.4, 0.5) is 23.1 Å². The Bertz CT molecular complexity index is 963. The first-order chi connectivity index (χ1) is 13.0. The molecular weight excluding hydrogens is 364 g/mol. The van der Waals surface area contributed by atoms with Gasteiger partial charge in [-0.05, 0) is 25.5 Å². The molecule has 0 atom stereocenters. The Balaban J connectivity index is 1.92. The summed E-state index contributed by atoms with van der Waals surface area (Å²) in [5.74, 6) is 2.27. The van der Waals surface area contributed by atoms with Crippen LogP contribution in [0.25, 0.3) is 0 Å². The quantitative estimate of drug-likeness (QED) is 0.604. The van der Waals surface area contributed by atoms with E-state index in [0.29, 0.717) is 34.0 Å². The average Bonchev–Trinajstić information content (AvgIpc) is 2.64. The van der Waals surface area contributed by atoms with Crippen LogP contribution in [0.5, 0.6) is 11.5 Å². The van der Waals surface area contributed by atoms with Crippen LogP contribution in [0.2, 0.25) is 5.02 Å². The van der Waals surface area contributed by atoms with Crippen molar-refractivity contribution >= 4 is 34.7 Å². The van der Waals surface area contributed by atoms with Gasteiger partial charge in [-0.3, -0.25) is 0 Å². The zero-order valence-corrected chi connectivity index (χ0v) is 16.4. The van der Waals surface area contributed by atoms with Gasteiger partial charge in [0.25, 0.3) is 0 Å². The van der Waals surface area contributed by atoms with Gasteiger partial charge in [-0.1, -0.05) is 29.8 Å². The summed E-state index contributed by atoms with van der Waals surface area (Å²) >= 11 is 6.17. The molecule has 0 aliphatic carbocycles. The van der Waals surface area contributed by atoms with Crippen LogP contribution < -0.4 is 20.1 Å². The van der Waals surface area contributed by atoms with E-state index in [2.05, 4.69) is 20.6 Å². The number of para-hydroxylation sites is 1. The van der Waals surface area contributed by atoms with Gasteiger partial charge in [0.2, 0.25) is 5.95 Å². The maximum absolute atomic E-state index is 6.17. The SMILES string of the molecule is COc1cc(Nc2cc(C)nc(Nc3ccccc3C)n2)c(OC)cc1Cl. The van der Waals surface area contributed by atoms with E-state index in [0.717, 1.165) is 16.9 Å². The van der Waals surface area contributed by atoms with Gasteiger partial charge in [0, 0.05) is 29.6 Å². The van der Waals surface area contributed by atoms with E-state index < -0.39 is 0 Å². The highest BCUT2D eigenvalue weighted by molar-refractivity contribution is 6.32. The van der Waals surface area contributed by atoms with Gasteiger partial charge in [0.05, 0.1) is 24.9 Å². The number of nitrogens with one attached hydrogen (secondary N) is 2. The molecule has 0 radical (unpaired) electrons. The minimum atomic E-state index is 0.473. The molecule has 0 saturated heterocycles. The van der Waals surface area contributed by atoms with Crippen molar-refractivity contribution in [1.82, 2.24) is 9.97 Å². The third kappa shape index (κ3) is 4.41. The molecule has 1 heterocycles. The first-order valence-corrected chi connectivity index (χ1v) is 8.75. The zero-order valence-electron chi connectivity index (χ0n) is 15.6. The Morgan fingerprint density at radius 3 is 2.30 bits per heavy atom. The Morgan fingerprint density at radius 1 is 0.852 bits per heavy atom. The van der Waals surface area contributed by atoms with E-state index in [-0.39, 0.29) is 0 Å². The van der Waals surface area contributed by atoms with Gasteiger partial charge in [-0.25, -0.2) is 4.98 Å². The third-order valence-electron chi connectivity index (χ3n) is 3.98. The second-order valence-corrected chi connectivity index (χ2v) is 6.38. The topological polar surface area (TPSA) is 68.3 Å². The Kier molecular flexibility index (Phi) is 5.66. The van der Waals surface area contributed by atoms with Gasteiger partial charge >= 0.3 is 0 Å². The number of nitrogens with zero attached hydrogens (tertiary/aromatic N) is 2. The number of hydrogen-bond donors (Lipinski definition) is 2. The normalized spacial score (nSPS) is 10.4. The molecule has 1 aromatic heterocycles. The van der Waals surface area contributed by atoms with Crippen molar-refractivity contribution < 1.29 is 9.47 Å². The summed E-state index contributed by atoms with van der Waals surface area (Å²) in [5, 5.41) is 6.99. The minimum Gasteiger partial charge on any atom is -0.495 e. The first-order valence-electron chi connectivity index (χ1n) is 8.37. The lowest BCUT2D eigenvalue weighted by atomic mass is 10.2. The summed E-state index contributed by atoms with van der Waals surface area (Å²) in [5.41, 5.74) is 3.59. The minimum absolute atomic E-state index is 0.473. The first kappa shape index (κ1) is 18.8. The number of ether oxygens (including phenoxy) is 2. The largest absolute Gasteiger partial charge is 0.495 e. The number of hydrogen-bond acceptors (Lipinski definition) is 6. The summed E-state index contributed by atoms with van der Waals surface area (Å²) < 4.78 is 10.7. The fourth-order valence-corrected chi connectivity index (χ4v) is 2.85. The second kappa shape index (κ2) is 8.14. The van der Waals surface area contributed by atoms with Crippen molar-refractivity contribution in [3.8, 4) is 11.5 Å². The van der Waals surface area contributed by atoms with Crippen molar-refractivity contribution in [2.24, 2.45) is 0 Å². The molecule has 0 bridgehead atoms. The molecular formula is C20H21ClN4O2. The fourth-order valence-electron chi connectivity index (χ4n) is 2.62. The summed E-state index contributed by atoms with van der Waals surface area (Å²) in [6.07, 6.45) is 0. The number of methoxy groups -OCH3 is 2. The van der Waals surface area contributed by atoms with Gasteiger partial charge in [-0.15, -0.1) is 0 Å². The van der Waals surface area contributed by atoms with Crippen LogP contribution in [0.15, 0.2) is 42.5 Å². The van der Waals surface area contributed by atoms with Crippen molar-refractivity contribution in [2.75, 3.05) is 24.9 Å². The molecule has 0 aliphatic rings. The fraction of sp³-hybridized carbons (Fsp3) is 0.200. The maximum Gasteiger partial charge on any atom is 0.229 e. The summed E-state index contributed by atoms with van der Waals surface area (Å²) in [6, 6.07) is 13.3. The van der Waals surface area contributed by atoms with E-state index in [4.69, 9.17) is 21.1 Å². The maximum atomic E-state index is 6.17. The summed E-state index contributed by atoms with van der Waals surface area (Å²) in [4.78, 5) is 9.02. The van der Waals surface area contributed by atoms with E-state index in [1.807, 2.05) is 44.2 Å². The Hall–Kier alpha value is -2.99. The van der Waals surface area contributed by atoms with Crippen LogP contribution in [0, 0.1) is 13.8 Å². The number of rotatable bonds is 6. The lowest BCUT2D eigenvalue weighted by Crippen LogP contribution is -2.04. The van der Waals surface area contributed by atoms with Crippen molar-refractivity contribution in [3.05, 3.63) is 58.7 Å². The predicted molar refractivity (Wildman–Crippen MR) is 109 cm³/mol. The van der Waals surface area contributed by atoms with Crippen LogP contribution in [0.3, 0.4) is 0 Å². The van der Waals surface area contributed by atoms with E-state index in [1.54, 1.807) is 26.4 Å². The van der Waals surface area contributed by atoms with E-state index >= 15 is 0 Å². The third-order valence-corrected chi connectivity index (χ3v) is 4.28. The molecule has 27 heavy (non-hydrogen) atoms. The zero-order chi connectivity index (χ0) is 19.4. The standard InChI is InChI=1S/C20H21ClN4O2/c1-12-7-5-6-8-15(12)24-20-22-13(2)9-19(25-20)23-16-11-17(26-3)14(21)10-18(16)27-4/h5-11H,1-4H3,(H2,22,23,24,25). The van der Waals surface area contributed by atoms with Crippen LogP contribution >= 0.6 is 11.6 Å². The number of halogens is 1. The molecule has 2 aromatic carbocycles. The molecule has 0 saturated carbocycles. The molecule has 0 spiro atoms. The molecule has 0 unspecified atom stereocenters. The molecule has 2 N–H and O–H groups in total. The van der Waals surface area contributed by atoms with Crippen molar-refractivity contribution in [2.45, 2.75) is 13.8 Å². The molecule has 3 aromatic rings. The Labute approximate surface area is 163 Å². The van der Waals surface area contributed by atoms with Crippen LogP contribution in [0.1, 0.15) is 11.3 Å². The monoisotopic (exact) mass is 384 g/mol. The van der Waals surface area contributed by atoms with Crippen molar-refractivity contribution in [1.29, 1.82) is 0 Å². The van der Waals surface area contributed by atoms with Crippen LogP contribution in [-0.2, 0) is 0 Å². The predicted octanol–water partition coefficient (Wildman–Crippen LogP) is 5.25. The molecule has 140 valence electrons. The number of benzene rings is 2.